The van der Waals surface area contributed by atoms with Crippen LogP contribution in [0.15, 0.2) is 65.6 Å². The van der Waals surface area contributed by atoms with Crippen molar-refractivity contribution in [1.29, 1.82) is 0 Å². The van der Waals surface area contributed by atoms with E-state index in [0.717, 1.165) is 27.4 Å². The fourth-order valence-electron chi connectivity index (χ4n) is 3.42. The summed E-state index contributed by atoms with van der Waals surface area (Å²) in [6.45, 7) is 0.219. The highest BCUT2D eigenvalue weighted by Crippen LogP contribution is 2.37. The van der Waals surface area contributed by atoms with Crippen LogP contribution in [-0.4, -0.2) is 41.2 Å². The van der Waals surface area contributed by atoms with E-state index in [2.05, 4.69) is 0 Å². The molecule has 8 nitrogen and oxygen atoms in total. The predicted molar refractivity (Wildman–Crippen MR) is 122 cm³/mol. The highest BCUT2D eigenvalue weighted by atomic mass is 32.2. The maximum absolute atomic E-state index is 12.8. The quantitative estimate of drug-likeness (QED) is 0.288. The standard InChI is InChI=1S/C23H18N2O6S/c1-30-21-16(8-4-10-18(21)25(28)29)14-20-22(26)24(23(27)32-20)12-13-31-19-11-5-7-15-6-2-3-9-17(15)19/h2-11,14H,12-13H2,1H3/b20-14-. The Labute approximate surface area is 187 Å². The number of hydrogen-bond donors (Lipinski definition) is 0. The Morgan fingerprint density at radius 1 is 1.06 bits per heavy atom. The molecule has 0 radical (unpaired) electrons. The Morgan fingerprint density at radius 2 is 1.81 bits per heavy atom. The molecule has 3 aromatic carbocycles. The average Bonchev–Trinajstić information content (AvgIpc) is 3.06. The molecule has 1 fully saturated rings. The molecule has 1 aliphatic rings. The van der Waals surface area contributed by atoms with Crippen molar-refractivity contribution >= 4 is 45.4 Å². The van der Waals surface area contributed by atoms with Crippen LogP contribution in [0.4, 0.5) is 10.5 Å². The molecule has 0 saturated carbocycles. The highest BCUT2D eigenvalue weighted by Gasteiger charge is 2.35. The number of nitrogens with zero attached hydrogens (tertiary/aromatic N) is 2. The number of methoxy groups -OCH3 is 1. The van der Waals surface area contributed by atoms with E-state index in [4.69, 9.17) is 9.47 Å². The molecule has 3 aromatic rings. The lowest BCUT2D eigenvalue weighted by atomic mass is 10.1. The fourth-order valence-corrected chi connectivity index (χ4v) is 4.28. The van der Waals surface area contributed by atoms with E-state index in [0.29, 0.717) is 11.3 Å². The van der Waals surface area contributed by atoms with Gasteiger partial charge in [0.2, 0.25) is 5.75 Å². The molecule has 2 amide bonds. The van der Waals surface area contributed by atoms with Crippen LogP contribution in [-0.2, 0) is 4.79 Å². The van der Waals surface area contributed by atoms with Gasteiger partial charge >= 0.3 is 5.69 Å². The zero-order valence-electron chi connectivity index (χ0n) is 17.0. The van der Waals surface area contributed by atoms with E-state index >= 15 is 0 Å². The lowest BCUT2D eigenvalue weighted by Gasteiger charge is -2.14. The second-order valence-corrected chi connectivity index (χ2v) is 7.81. The number of para-hydroxylation sites is 1. The van der Waals surface area contributed by atoms with Crippen molar-refractivity contribution in [2.24, 2.45) is 0 Å². The molecule has 0 bridgehead atoms. The second-order valence-electron chi connectivity index (χ2n) is 6.82. The van der Waals surface area contributed by atoms with Crippen LogP contribution >= 0.6 is 11.8 Å². The maximum Gasteiger partial charge on any atom is 0.311 e. The third kappa shape index (κ3) is 4.15. The molecule has 4 rings (SSSR count). The number of thioether (sulfide) groups is 1. The summed E-state index contributed by atoms with van der Waals surface area (Å²) in [5.41, 5.74) is 0.128. The Morgan fingerprint density at radius 3 is 2.59 bits per heavy atom. The number of fused-ring (bicyclic) bond motifs is 1. The number of ether oxygens (including phenoxy) is 2. The number of amides is 2. The van der Waals surface area contributed by atoms with Crippen molar-refractivity contribution < 1.29 is 24.0 Å². The molecule has 0 N–H and O–H groups in total. The largest absolute Gasteiger partial charge is 0.491 e. The molecular formula is C23H18N2O6S. The molecule has 0 aliphatic carbocycles. The number of carbonyl (C=O) groups is 2. The number of hydrogen-bond acceptors (Lipinski definition) is 7. The minimum Gasteiger partial charge on any atom is -0.491 e. The third-order valence-electron chi connectivity index (χ3n) is 4.91. The summed E-state index contributed by atoms with van der Waals surface area (Å²) in [5.74, 6) is 0.227. The SMILES string of the molecule is COc1c(/C=C2\SC(=O)N(CCOc3cccc4ccccc34)C2=O)cccc1[N+](=O)[O-]. The molecular weight excluding hydrogens is 432 g/mol. The van der Waals surface area contributed by atoms with Crippen LogP contribution in [0.5, 0.6) is 11.5 Å². The topological polar surface area (TPSA) is 99.0 Å². The molecule has 1 saturated heterocycles. The molecule has 0 unspecified atom stereocenters. The van der Waals surface area contributed by atoms with Crippen molar-refractivity contribution in [2.75, 3.05) is 20.3 Å². The van der Waals surface area contributed by atoms with Gasteiger partial charge in [-0.2, -0.15) is 0 Å². The summed E-state index contributed by atoms with van der Waals surface area (Å²) in [6, 6.07) is 17.9. The molecule has 1 heterocycles. The minimum atomic E-state index is -0.563. The Kier molecular flexibility index (Phi) is 6.09. The van der Waals surface area contributed by atoms with Gasteiger partial charge in [-0.25, -0.2) is 0 Å². The predicted octanol–water partition coefficient (Wildman–Crippen LogP) is 4.87. The maximum atomic E-state index is 12.8. The van der Waals surface area contributed by atoms with Crippen molar-refractivity contribution in [3.8, 4) is 11.5 Å². The molecule has 0 aromatic heterocycles. The van der Waals surface area contributed by atoms with Crippen LogP contribution in [0, 0.1) is 10.1 Å². The summed E-state index contributed by atoms with van der Waals surface area (Å²) in [6.07, 6.45) is 1.43. The molecule has 32 heavy (non-hydrogen) atoms. The van der Waals surface area contributed by atoms with E-state index < -0.39 is 16.1 Å². The zero-order chi connectivity index (χ0) is 22.7. The number of nitro benzene ring substituents is 1. The normalized spacial score (nSPS) is 14.9. The van der Waals surface area contributed by atoms with Gasteiger partial charge in [0.15, 0.2) is 0 Å². The molecule has 1 aliphatic heterocycles. The molecule has 9 heteroatoms. The summed E-state index contributed by atoms with van der Waals surface area (Å²) < 4.78 is 11.0. The van der Waals surface area contributed by atoms with E-state index in [1.807, 2.05) is 42.5 Å². The van der Waals surface area contributed by atoms with E-state index in [-0.39, 0.29) is 29.5 Å². The zero-order valence-corrected chi connectivity index (χ0v) is 17.8. The minimum absolute atomic E-state index is 0.0311. The van der Waals surface area contributed by atoms with Crippen LogP contribution in [0.25, 0.3) is 16.8 Å². The first-order valence-electron chi connectivity index (χ1n) is 9.67. The van der Waals surface area contributed by atoms with Crippen molar-refractivity contribution in [3.05, 3.63) is 81.2 Å². The van der Waals surface area contributed by atoms with Gasteiger partial charge in [-0.15, -0.1) is 0 Å². The average molecular weight is 450 g/mol. The molecule has 162 valence electrons. The van der Waals surface area contributed by atoms with E-state index in [1.165, 1.54) is 25.3 Å². The smallest absolute Gasteiger partial charge is 0.311 e. The van der Waals surface area contributed by atoms with Gasteiger partial charge in [0.05, 0.1) is 23.5 Å². The number of rotatable bonds is 7. The summed E-state index contributed by atoms with van der Waals surface area (Å²) in [7, 11) is 1.32. The van der Waals surface area contributed by atoms with Crippen LogP contribution in [0.3, 0.4) is 0 Å². The van der Waals surface area contributed by atoms with E-state index in [1.54, 1.807) is 6.07 Å². The van der Waals surface area contributed by atoms with Gasteiger partial charge in [-0.3, -0.25) is 24.6 Å². The summed E-state index contributed by atoms with van der Waals surface area (Å²) in [5, 5.41) is 12.8. The highest BCUT2D eigenvalue weighted by molar-refractivity contribution is 8.18. The number of benzene rings is 3. The van der Waals surface area contributed by atoms with Gasteiger partial charge in [0.25, 0.3) is 11.1 Å². The second kappa shape index (κ2) is 9.11. The number of nitro groups is 1. The summed E-state index contributed by atoms with van der Waals surface area (Å²) in [4.78, 5) is 37.1. The van der Waals surface area contributed by atoms with Crippen LogP contribution < -0.4 is 9.47 Å². The van der Waals surface area contributed by atoms with Crippen LogP contribution in [0.1, 0.15) is 5.56 Å². The van der Waals surface area contributed by atoms with Gasteiger partial charge in [-0.05, 0) is 29.3 Å². The lowest BCUT2D eigenvalue weighted by molar-refractivity contribution is -0.385. The Balaban J connectivity index is 1.49. The lowest BCUT2D eigenvalue weighted by Crippen LogP contribution is -2.32. The van der Waals surface area contributed by atoms with Crippen molar-refractivity contribution in [2.45, 2.75) is 0 Å². The van der Waals surface area contributed by atoms with Gasteiger partial charge in [0, 0.05) is 17.0 Å². The fraction of sp³-hybridized carbons (Fsp3) is 0.130. The van der Waals surface area contributed by atoms with Gasteiger partial charge in [-0.1, -0.05) is 48.5 Å². The van der Waals surface area contributed by atoms with Crippen molar-refractivity contribution in [1.82, 2.24) is 4.90 Å². The third-order valence-corrected chi connectivity index (χ3v) is 5.82. The number of imide groups is 1. The Hall–Kier alpha value is -3.85. The van der Waals surface area contributed by atoms with Crippen LogP contribution in [0.2, 0.25) is 0 Å². The first kappa shape index (κ1) is 21.4. The monoisotopic (exact) mass is 450 g/mol. The summed E-state index contributed by atoms with van der Waals surface area (Å²) >= 11 is 0.776. The van der Waals surface area contributed by atoms with Crippen molar-refractivity contribution in [3.63, 3.8) is 0 Å². The van der Waals surface area contributed by atoms with Gasteiger partial charge < -0.3 is 9.47 Å². The first-order valence-corrected chi connectivity index (χ1v) is 10.5. The molecule has 0 spiro atoms. The molecule has 0 atom stereocenters. The number of carbonyl (C=O) groups excluding carboxylic acids is 2. The Bertz CT molecular complexity index is 1250. The van der Waals surface area contributed by atoms with Gasteiger partial charge in [0.1, 0.15) is 12.4 Å². The first-order chi connectivity index (χ1) is 15.5. The van der Waals surface area contributed by atoms with E-state index in [9.17, 15) is 19.7 Å².